The van der Waals surface area contributed by atoms with E-state index in [2.05, 4.69) is 0 Å². The van der Waals surface area contributed by atoms with Crippen molar-refractivity contribution in [2.45, 2.75) is 31.6 Å². The number of benzene rings is 1. The largest absolute Gasteiger partial charge is 0.481 e. The van der Waals surface area contributed by atoms with Crippen molar-refractivity contribution < 1.29 is 9.90 Å². The second-order valence-electron chi connectivity index (χ2n) is 4.22. The fourth-order valence-corrected chi connectivity index (χ4v) is 2.55. The highest BCUT2D eigenvalue weighted by Gasteiger charge is 2.46. The minimum absolute atomic E-state index is 0.581. The van der Waals surface area contributed by atoms with Gasteiger partial charge in [0.25, 0.3) is 0 Å². The maximum Gasteiger partial charge on any atom is 0.314 e. The number of hydrogen-bond donors (Lipinski definition) is 1. The fraction of sp³-hybridized carbons (Fsp3) is 0.417. The Kier molecular flexibility index (Phi) is 2.47. The molecule has 0 spiro atoms. The standard InChI is InChI=1S/C12H13ClO2/c1-8-3-4-9(10(13)7-8)12(11(14)15)5-2-6-12/h3-4,7H,2,5-6H2,1H3,(H,14,15). The normalized spacial score (nSPS) is 18.3. The number of aryl methyl sites for hydroxylation is 1. The van der Waals surface area contributed by atoms with Gasteiger partial charge < -0.3 is 5.11 Å². The lowest BCUT2D eigenvalue weighted by Crippen LogP contribution is -2.42. The molecular weight excluding hydrogens is 212 g/mol. The molecule has 1 aliphatic rings. The third-order valence-corrected chi connectivity index (χ3v) is 3.57. The summed E-state index contributed by atoms with van der Waals surface area (Å²) in [4.78, 5) is 11.3. The summed E-state index contributed by atoms with van der Waals surface area (Å²) in [7, 11) is 0. The van der Waals surface area contributed by atoms with Gasteiger partial charge in [0.15, 0.2) is 0 Å². The van der Waals surface area contributed by atoms with Crippen LogP contribution in [0.2, 0.25) is 5.02 Å². The van der Waals surface area contributed by atoms with Gasteiger partial charge in [0, 0.05) is 5.02 Å². The molecule has 0 bridgehead atoms. The molecule has 1 aliphatic carbocycles. The van der Waals surface area contributed by atoms with Crippen molar-refractivity contribution in [1.82, 2.24) is 0 Å². The van der Waals surface area contributed by atoms with Crippen LogP contribution >= 0.6 is 11.6 Å². The average molecular weight is 225 g/mol. The number of carboxylic acids is 1. The van der Waals surface area contributed by atoms with E-state index >= 15 is 0 Å². The van der Waals surface area contributed by atoms with Gasteiger partial charge in [-0.3, -0.25) is 4.79 Å². The summed E-state index contributed by atoms with van der Waals surface area (Å²) >= 11 is 6.11. The highest BCUT2D eigenvalue weighted by molar-refractivity contribution is 6.31. The second kappa shape index (κ2) is 3.53. The Hall–Kier alpha value is -1.02. The summed E-state index contributed by atoms with van der Waals surface area (Å²) in [6.45, 7) is 1.95. The average Bonchev–Trinajstić information content (AvgIpc) is 2.05. The molecule has 2 rings (SSSR count). The van der Waals surface area contributed by atoms with Crippen molar-refractivity contribution in [2.75, 3.05) is 0 Å². The zero-order valence-electron chi connectivity index (χ0n) is 8.59. The van der Waals surface area contributed by atoms with E-state index in [1.807, 2.05) is 25.1 Å². The zero-order valence-corrected chi connectivity index (χ0v) is 9.34. The highest BCUT2D eigenvalue weighted by atomic mass is 35.5. The minimum Gasteiger partial charge on any atom is -0.481 e. The fourth-order valence-electron chi connectivity index (χ4n) is 2.14. The number of hydrogen-bond acceptors (Lipinski definition) is 1. The molecule has 0 unspecified atom stereocenters. The molecule has 80 valence electrons. The number of aliphatic carboxylic acids is 1. The lowest BCUT2D eigenvalue weighted by Gasteiger charge is -2.38. The van der Waals surface area contributed by atoms with Crippen LogP contribution in [0.4, 0.5) is 0 Å². The monoisotopic (exact) mass is 224 g/mol. The van der Waals surface area contributed by atoms with Crippen LogP contribution in [0.1, 0.15) is 30.4 Å². The predicted octanol–water partition coefficient (Wildman–Crippen LogP) is 3.15. The van der Waals surface area contributed by atoms with Gasteiger partial charge in [0.2, 0.25) is 0 Å². The molecule has 0 amide bonds. The zero-order chi connectivity index (χ0) is 11.1. The molecule has 0 aliphatic heterocycles. The van der Waals surface area contributed by atoms with Crippen molar-refractivity contribution in [3.05, 3.63) is 34.3 Å². The first-order chi connectivity index (χ1) is 7.06. The Labute approximate surface area is 93.9 Å². The van der Waals surface area contributed by atoms with Crippen molar-refractivity contribution in [2.24, 2.45) is 0 Å². The van der Waals surface area contributed by atoms with E-state index in [-0.39, 0.29) is 0 Å². The van der Waals surface area contributed by atoms with Crippen molar-refractivity contribution in [3.8, 4) is 0 Å². The molecule has 3 heteroatoms. The van der Waals surface area contributed by atoms with Gasteiger partial charge in [-0.05, 0) is 37.0 Å². The number of carbonyl (C=O) groups is 1. The lowest BCUT2D eigenvalue weighted by atomic mass is 9.64. The van der Waals surface area contributed by atoms with E-state index in [4.69, 9.17) is 11.6 Å². The number of rotatable bonds is 2. The third kappa shape index (κ3) is 1.53. The first kappa shape index (κ1) is 10.5. The summed E-state index contributed by atoms with van der Waals surface area (Å²) in [6, 6.07) is 5.61. The molecule has 0 heterocycles. The molecule has 1 aromatic carbocycles. The SMILES string of the molecule is Cc1ccc(C2(C(=O)O)CCC2)c(Cl)c1. The topological polar surface area (TPSA) is 37.3 Å². The summed E-state index contributed by atoms with van der Waals surface area (Å²) < 4.78 is 0. The van der Waals surface area contributed by atoms with Crippen LogP contribution in [0.15, 0.2) is 18.2 Å². The Bertz CT molecular complexity index is 408. The molecule has 0 atom stereocenters. The minimum atomic E-state index is -0.750. The highest BCUT2D eigenvalue weighted by Crippen LogP contribution is 2.46. The van der Waals surface area contributed by atoms with Gasteiger partial charge >= 0.3 is 5.97 Å². The Morgan fingerprint density at radius 2 is 2.13 bits per heavy atom. The maximum atomic E-state index is 11.3. The van der Waals surface area contributed by atoms with Crippen LogP contribution in [0.5, 0.6) is 0 Å². The molecule has 1 fully saturated rings. The van der Waals surface area contributed by atoms with Crippen LogP contribution in [0.25, 0.3) is 0 Å². The Balaban J connectivity index is 2.48. The van der Waals surface area contributed by atoms with Gasteiger partial charge in [-0.25, -0.2) is 0 Å². The molecule has 0 saturated heterocycles. The lowest BCUT2D eigenvalue weighted by molar-refractivity contribution is -0.147. The van der Waals surface area contributed by atoms with Crippen molar-refractivity contribution in [3.63, 3.8) is 0 Å². The smallest absolute Gasteiger partial charge is 0.314 e. The third-order valence-electron chi connectivity index (χ3n) is 3.26. The van der Waals surface area contributed by atoms with Gasteiger partial charge in [0.1, 0.15) is 0 Å². The molecule has 0 aromatic heterocycles. The first-order valence-corrected chi connectivity index (χ1v) is 5.44. The predicted molar refractivity (Wildman–Crippen MR) is 59.4 cm³/mol. The van der Waals surface area contributed by atoms with E-state index < -0.39 is 11.4 Å². The summed E-state index contributed by atoms with van der Waals surface area (Å²) in [5, 5.41) is 9.85. The van der Waals surface area contributed by atoms with E-state index in [1.165, 1.54) is 0 Å². The molecular formula is C12H13ClO2. The summed E-state index contributed by atoms with van der Waals surface area (Å²) in [6.07, 6.45) is 2.37. The van der Waals surface area contributed by atoms with Crippen LogP contribution in [-0.2, 0) is 10.2 Å². The Morgan fingerprint density at radius 1 is 1.47 bits per heavy atom. The Morgan fingerprint density at radius 3 is 2.53 bits per heavy atom. The molecule has 1 saturated carbocycles. The van der Waals surface area contributed by atoms with Crippen molar-refractivity contribution >= 4 is 17.6 Å². The van der Waals surface area contributed by atoms with E-state index in [0.29, 0.717) is 17.9 Å². The second-order valence-corrected chi connectivity index (χ2v) is 4.63. The molecule has 1 aromatic rings. The molecule has 15 heavy (non-hydrogen) atoms. The van der Waals surface area contributed by atoms with Crippen LogP contribution in [0, 0.1) is 6.92 Å². The van der Waals surface area contributed by atoms with Crippen LogP contribution in [0.3, 0.4) is 0 Å². The number of carboxylic acid groups (broad SMARTS) is 1. The van der Waals surface area contributed by atoms with Gasteiger partial charge in [-0.15, -0.1) is 0 Å². The van der Waals surface area contributed by atoms with Gasteiger partial charge in [0.05, 0.1) is 5.41 Å². The molecule has 2 nitrogen and oxygen atoms in total. The maximum absolute atomic E-state index is 11.3. The van der Waals surface area contributed by atoms with Crippen LogP contribution in [-0.4, -0.2) is 11.1 Å². The van der Waals surface area contributed by atoms with Crippen LogP contribution < -0.4 is 0 Å². The van der Waals surface area contributed by atoms with E-state index in [9.17, 15) is 9.90 Å². The van der Waals surface area contributed by atoms with Gasteiger partial charge in [-0.1, -0.05) is 30.2 Å². The quantitative estimate of drug-likeness (QED) is 0.838. The van der Waals surface area contributed by atoms with Gasteiger partial charge in [-0.2, -0.15) is 0 Å². The molecule has 1 N–H and O–H groups in total. The van der Waals surface area contributed by atoms with Crippen molar-refractivity contribution in [1.29, 1.82) is 0 Å². The van der Waals surface area contributed by atoms with E-state index in [0.717, 1.165) is 17.5 Å². The summed E-state index contributed by atoms with van der Waals surface area (Å²) in [5.74, 6) is -0.750. The number of halogens is 1. The summed E-state index contributed by atoms with van der Waals surface area (Å²) in [5.41, 5.74) is 1.11. The molecule has 0 radical (unpaired) electrons. The first-order valence-electron chi connectivity index (χ1n) is 5.06. The van der Waals surface area contributed by atoms with E-state index in [1.54, 1.807) is 0 Å².